The van der Waals surface area contributed by atoms with Crippen LogP contribution in [0.3, 0.4) is 0 Å². The van der Waals surface area contributed by atoms with Crippen LogP contribution < -0.4 is 10.1 Å². The van der Waals surface area contributed by atoms with Gasteiger partial charge in [0.25, 0.3) is 0 Å². The summed E-state index contributed by atoms with van der Waals surface area (Å²) in [7, 11) is 1.38. The number of nitrogens with one attached hydrogen (secondary N) is 1. The van der Waals surface area contributed by atoms with Crippen LogP contribution >= 0.6 is 11.3 Å². The highest BCUT2D eigenvalue weighted by Gasteiger charge is 2.16. The van der Waals surface area contributed by atoms with Crippen molar-refractivity contribution in [2.75, 3.05) is 20.2 Å². The number of piperidine rings is 1. The Morgan fingerprint density at radius 2 is 2.25 bits per heavy atom. The number of carbonyl (C=O) groups excluding carboxylic acids is 1. The molecule has 1 aliphatic rings. The predicted molar refractivity (Wildman–Crippen MR) is 62.2 cm³/mol. The summed E-state index contributed by atoms with van der Waals surface area (Å²) in [6.07, 6.45) is 2.31. The molecule has 1 aliphatic heterocycles. The lowest BCUT2D eigenvalue weighted by molar-refractivity contribution is 0.0600. The second-order valence-electron chi connectivity index (χ2n) is 3.71. The maximum Gasteiger partial charge on any atom is 0.338 e. The molecule has 0 bridgehead atoms. The highest BCUT2D eigenvalue weighted by atomic mass is 32.1. The zero-order valence-corrected chi connectivity index (χ0v) is 10.0. The maximum atomic E-state index is 11.2. The quantitative estimate of drug-likeness (QED) is 0.818. The van der Waals surface area contributed by atoms with Gasteiger partial charge in [0.2, 0.25) is 0 Å². The zero-order chi connectivity index (χ0) is 11.4. The van der Waals surface area contributed by atoms with Crippen LogP contribution in [0, 0.1) is 0 Å². The first-order valence-electron chi connectivity index (χ1n) is 5.34. The highest BCUT2D eigenvalue weighted by molar-refractivity contribution is 7.12. The fourth-order valence-corrected chi connectivity index (χ4v) is 2.47. The standard InChI is InChI=1S/C11H15NO3S/c1-14-11(13)8-6-10(16-7-8)15-9-2-4-12-5-3-9/h6-7,9,12H,2-5H2,1H3. The maximum absolute atomic E-state index is 11.2. The molecule has 2 heterocycles. The van der Waals surface area contributed by atoms with Crippen molar-refractivity contribution >= 4 is 17.3 Å². The van der Waals surface area contributed by atoms with Gasteiger partial charge in [-0.05, 0) is 25.9 Å². The van der Waals surface area contributed by atoms with E-state index in [0.29, 0.717) is 5.56 Å². The first kappa shape index (κ1) is 11.4. The minimum Gasteiger partial charge on any atom is -0.481 e. The van der Waals surface area contributed by atoms with Crippen LogP contribution in [0.4, 0.5) is 0 Å². The number of methoxy groups -OCH3 is 1. The number of hydrogen-bond acceptors (Lipinski definition) is 5. The number of ether oxygens (including phenoxy) is 2. The van der Waals surface area contributed by atoms with Gasteiger partial charge >= 0.3 is 5.97 Å². The molecular weight excluding hydrogens is 226 g/mol. The Labute approximate surface area is 98.6 Å². The Balaban J connectivity index is 1.94. The highest BCUT2D eigenvalue weighted by Crippen LogP contribution is 2.26. The molecule has 0 spiro atoms. The van der Waals surface area contributed by atoms with Crippen molar-refractivity contribution in [2.24, 2.45) is 0 Å². The number of thiophene rings is 1. The van der Waals surface area contributed by atoms with Gasteiger partial charge < -0.3 is 14.8 Å². The lowest BCUT2D eigenvalue weighted by Crippen LogP contribution is -2.33. The van der Waals surface area contributed by atoms with Crippen molar-refractivity contribution in [3.8, 4) is 5.06 Å². The van der Waals surface area contributed by atoms with Gasteiger partial charge in [-0.25, -0.2) is 4.79 Å². The fraction of sp³-hybridized carbons (Fsp3) is 0.545. The third-order valence-corrected chi connectivity index (χ3v) is 3.38. The molecule has 0 saturated carbocycles. The van der Waals surface area contributed by atoms with Crippen LogP contribution in [-0.4, -0.2) is 32.3 Å². The van der Waals surface area contributed by atoms with Gasteiger partial charge in [-0.2, -0.15) is 0 Å². The van der Waals surface area contributed by atoms with Gasteiger partial charge in [-0.1, -0.05) is 0 Å². The molecule has 1 fully saturated rings. The number of rotatable bonds is 3. The van der Waals surface area contributed by atoms with Crippen LogP contribution in [0.15, 0.2) is 11.4 Å². The van der Waals surface area contributed by atoms with Gasteiger partial charge in [0.1, 0.15) is 6.10 Å². The Morgan fingerprint density at radius 1 is 1.50 bits per heavy atom. The minimum absolute atomic E-state index is 0.269. The van der Waals surface area contributed by atoms with Gasteiger partial charge in [0, 0.05) is 11.4 Å². The normalized spacial score (nSPS) is 17.1. The second kappa shape index (κ2) is 5.32. The molecule has 4 nitrogen and oxygen atoms in total. The molecule has 2 rings (SSSR count). The third-order valence-electron chi connectivity index (χ3n) is 2.57. The fourth-order valence-electron chi connectivity index (χ4n) is 1.68. The van der Waals surface area contributed by atoms with Gasteiger partial charge in [-0.15, -0.1) is 11.3 Å². The van der Waals surface area contributed by atoms with Crippen LogP contribution in [0.2, 0.25) is 0 Å². The molecule has 1 aromatic rings. The molecule has 0 radical (unpaired) electrons. The summed E-state index contributed by atoms with van der Waals surface area (Å²) in [4.78, 5) is 11.2. The Bertz CT molecular complexity index is 358. The lowest BCUT2D eigenvalue weighted by atomic mass is 10.1. The summed E-state index contributed by atoms with van der Waals surface area (Å²) >= 11 is 1.44. The SMILES string of the molecule is COC(=O)c1csc(OC2CCNCC2)c1. The van der Waals surface area contributed by atoms with E-state index in [4.69, 9.17) is 4.74 Å². The van der Waals surface area contributed by atoms with Crippen molar-refractivity contribution in [1.29, 1.82) is 0 Å². The van der Waals surface area contributed by atoms with E-state index in [-0.39, 0.29) is 12.1 Å². The molecule has 0 atom stereocenters. The van der Waals surface area contributed by atoms with E-state index in [1.54, 1.807) is 11.4 Å². The van der Waals surface area contributed by atoms with E-state index < -0.39 is 0 Å². The smallest absolute Gasteiger partial charge is 0.338 e. The average molecular weight is 241 g/mol. The molecule has 0 aliphatic carbocycles. The predicted octanol–water partition coefficient (Wildman–Crippen LogP) is 1.67. The van der Waals surface area contributed by atoms with Gasteiger partial charge in [-0.3, -0.25) is 0 Å². The molecule has 1 saturated heterocycles. The lowest BCUT2D eigenvalue weighted by Gasteiger charge is -2.22. The van der Waals surface area contributed by atoms with Crippen molar-refractivity contribution < 1.29 is 14.3 Å². The van der Waals surface area contributed by atoms with E-state index in [9.17, 15) is 4.79 Å². The van der Waals surface area contributed by atoms with E-state index in [1.807, 2.05) is 0 Å². The minimum atomic E-state index is -0.309. The molecule has 1 N–H and O–H groups in total. The van der Waals surface area contributed by atoms with Crippen LogP contribution in [0.25, 0.3) is 0 Å². The number of esters is 1. The molecule has 0 unspecified atom stereocenters. The summed E-state index contributed by atoms with van der Waals surface area (Å²) in [6, 6.07) is 1.75. The molecule has 0 amide bonds. The Kier molecular flexibility index (Phi) is 3.79. The van der Waals surface area contributed by atoms with Gasteiger partial charge in [0.05, 0.1) is 12.7 Å². The van der Waals surface area contributed by atoms with Crippen LogP contribution in [-0.2, 0) is 4.74 Å². The first-order chi connectivity index (χ1) is 7.79. The monoisotopic (exact) mass is 241 g/mol. The van der Waals surface area contributed by atoms with E-state index >= 15 is 0 Å². The summed E-state index contributed by atoms with van der Waals surface area (Å²) in [5.41, 5.74) is 0.566. The van der Waals surface area contributed by atoms with E-state index in [2.05, 4.69) is 10.1 Å². The topological polar surface area (TPSA) is 47.6 Å². The van der Waals surface area contributed by atoms with E-state index in [0.717, 1.165) is 31.0 Å². The molecule has 1 aromatic heterocycles. The zero-order valence-electron chi connectivity index (χ0n) is 9.19. The molecule has 5 heteroatoms. The number of hydrogen-bond donors (Lipinski definition) is 1. The second-order valence-corrected chi connectivity index (χ2v) is 4.59. The Morgan fingerprint density at radius 3 is 2.94 bits per heavy atom. The molecule has 16 heavy (non-hydrogen) atoms. The average Bonchev–Trinajstić information content (AvgIpc) is 2.78. The summed E-state index contributed by atoms with van der Waals surface area (Å²) in [5.74, 6) is -0.309. The van der Waals surface area contributed by atoms with Crippen LogP contribution in [0.5, 0.6) is 5.06 Å². The molecule has 0 aromatic carbocycles. The number of carbonyl (C=O) groups is 1. The van der Waals surface area contributed by atoms with Crippen LogP contribution in [0.1, 0.15) is 23.2 Å². The van der Waals surface area contributed by atoms with Crippen molar-refractivity contribution in [3.05, 3.63) is 17.0 Å². The first-order valence-corrected chi connectivity index (χ1v) is 6.22. The molecule has 88 valence electrons. The van der Waals surface area contributed by atoms with E-state index in [1.165, 1.54) is 18.4 Å². The van der Waals surface area contributed by atoms with Crippen molar-refractivity contribution in [3.63, 3.8) is 0 Å². The van der Waals surface area contributed by atoms with Crippen molar-refractivity contribution in [1.82, 2.24) is 5.32 Å². The van der Waals surface area contributed by atoms with Gasteiger partial charge in [0.15, 0.2) is 5.06 Å². The largest absolute Gasteiger partial charge is 0.481 e. The summed E-state index contributed by atoms with van der Waals surface area (Å²) < 4.78 is 10.4. The Hall–Kier alpha value is -1.07. The third kappa shape index (κ3) is 2.74. The summed E-state index contributed by atoms with van der Waals surface area (Å²) in [6.45, 7) is 2.00. The summed E-state index contributed by atoms with van der Waals surface area (Å²) in [5, 5.41) is 5.85. The molecular formula is C11H15NO3S. The van der Waals surface area contributed by atoms with Crippen molar-refractivity contribution in [2.45, 2.75) is 18.9 Å².